The van der Waals surface area contributed by atoms with Gasteiger partial charge in [-0.1, -0.05) is 48.5 Å². The van der Waals surface area contributed by atoms with E-state index in [0.717, 1.165) is 22.3 Å². The molecule has 4 N–H and O–H groups in total. The van der Waals surface area contributed by atoms with E-state index in [4.69, 9.17) is 43.7 Å². The molecular formula is C37H42N2O17. The highest BCUT2D eigenvalue weighted by Gasteiger charge is 2.53. The summed E-state index contributed by atoms with van der Waals surface area (Å²) in [5.74, 6) is -9.52. The van der Waals surface area contributed by atoms with Crippen molar-refractivity contribution in [3.05, 3.63) is 59.7 Å². The third kappa shape index (κ3) is 11.5. The molecule has 19 heteroatoms. The summed E-state index contributed by atoms with van der Waals surface area (Å²) in [4.78, 5) is 99.5. The van der Waals surface area contributed by atoms with Gasteiger partial charge in [0.15, 0.2) is 24.6 Å². The van der Waals surface area contributed by atoms with Crippen LogP contribution in [-0.4, -0.2) is 121 Å². The minimum atomic E-state index is -2.00. The molecule has 0 saturated carbocycles. The predicted molar refractivity (Wildman–Crippen MR) is 186 cm³/mol. The number of benzene rings is 2. The lowest BCUT2D eigenvalue weighted by atomic mass is 9.98. The number of rotatable bonds is 17. The lowest BCUT2D eigenvalue weighted by molar-refractivity contribution is -0.308. The molecule has 2 aromatic rings. The lowest BCUT2D eigenvalue weighted by Gasteiger charge is -2.44. The van der Waals surface area contributed by atoms with Gasteiger partial charge in [0.2, 0.25) is 5.91 Å². The van der Waals surface area contributed by atoms with Crippen molar-refractivity contribution in [3.8, 4) is 11.1 Å². The molecule has 56 heavy (non-hydrogen) atoms. The normalized spacial score (nSPS) is 21.8. The molecule has 1 saturated heterocycles. The third-order valence-corrected chi connectivity index (χ3v) is 8.44. The molecule has 2 aromatic carbocycles. The number of carbonyl (C=O) groups excluding carboxylic acids is 6. The summed E-state index contributed by atoms with van der Waals surface area (Å²) in [5.41, 5.74) is 3.53. The number of hydrogen-bond acceptors (Lipinski definition) is 15. The fourth-order valence-corrected chi connectivity index (χ4v) is 6.13. The predicted octanol–water partition coefficient (Wildman–Crippen LogP) is 1.43. The van der Waals surface area contributed by atoms with Gasteiger partial charge in [-0.25, -0.2) is 9.59 Å². The molecule has 1 unspecified atom stereocenters. The van der Waals surface area contributed by atoms with Crippen LogP contribution in [0.4, 0.5) is 4.79 Å². The van der Waals surface area contributed by atoms with Crippen LogP contribution in [0.2, 0.25) is 0 Å². The average Bonchev–Trinajstić information content (AvgIpc) is 3.56. The topological polar surface area (TPSA) is 266 Å². The second kappa shape index (κ2) is 19.5. The summed E-state index contributed by atoms with van der Waals surface area (Å²) >= 11 is 0. The molecule has 0 aromatic heterocycles. The zero-order valence-corrected chi connectivity index (χ0v) is 29.6. The molecule has 2 amide bonds. The summed E-state index contributed by atoms with van der Waals surface area (Å²) in [5, 5.41) is 23.2. The van der Waals surface area contributed by atoms with E-state index >= 15 is 0 Å². The van der Waals surface area contributed by atoms with Crippen LogP contribution in [0.15, 0.2) is 48.5 Å². The van der Waals surface area contributed by atoms with Gasteiger partial charge in [0.05, 0.1) is 6.61 Å². The van der Waals surface area contributed by atoms with Gasteiger partial charge in [0, 0.05) is 45.4 Å². The highest BCUT2D eigenvalue weighted by molar-refractivity contribution is 5.89. The van der Waals surface area contributed by atoms with Crippen molar-refractivity contribution in [2.75, 3.05) is 19.8 Å². The maximum atomic E-state index is 13.7. The highest BCUT2D eigenvalue weighted by atomic mass is 16.7. The Morgan fingerprint density at radius 2 is 1.29 bits per heavy atom. The number of nitrogens with one attached hydrogen (secondary N) is 2. The van der Waals surface area contributed by atoms with E-state index in [1.165, 1.54) is 0 Å². The molecule has 0 bridgehead atoms. The van der Waals surface area contributed by atoms with Gasteiger partial charge in [-0.2, -0.15) is 0 Å². The monoisotopic (exact) mass is 790 g/mol. The van der Waals surface area contributed by atoms with Crippen molar-refractivity contribution in [2.45, 2.75) is 89.1 Å². The standard InChI is InChI=1S/C37H42N2O17/c1-18(40)50-17-29-31(53-19(2)41)32(54-20(3)42)33(55-21(4)43)36(56-29)51-16-28(34(46)38-27(35(47)48)13-14-30(44)45)39-37(49)52-15-26-24-11-7-5-9-22(24)23-10-6-8-12-25(23)26/h5-12,26-29,31-33,36H,13-17H2,1-4H3,(H,38,46)(H,39,49)(H,44,45)(H,47,48)/t27-,28-,29-,31-,32+,33+,36?/m1/s1/i1D,2D,3D,4D. The molecule has 2 aliphatic rings. The fourth-order valence-electron chi connectivity index (χ4n) is 6.13. The number of carbonyl (C=O) groups is 8. The van der Waals surface area contributed by atoms with Crippen LogP contribution in [0.1, 0.15) is 63.0 Å². The van der Waals surface area contributed by atoms with E-state index in [9.17, 15) is 43.5 Å². The van der Waals surface area contributed by atoms with Crippen LogP contribution < -0.4 is 10.6 Å². The third-order valence-electron chi connectivity index (χ3n) is 8.44. The zero-order chi connectivity index (χ0) is 43.9. The number of aliphatic carboxylic acids is 2. The lowest BCUT2D eigenvalue weighted by Crippen LogP contribution is -2.63. The van der Waals surface area contributed by atoms with Gasteiger partial charge in [0.1, 0.15) is 31.4 Å². The average molecular weight is 791 g/mol. The van der Waals surface area contributed by atoms with Crippen LogP contribution in [0, 0.1) is 0 Å². The summed E-state index contributed by atoms with van der Waals surface area (Å²) in [6, 6.07) is 11.2. The number of amides is 2. The molecule has 0 spiro atoms. The van der Waals surface area contributed by atoms with Crippen molar-refractivity contribution >= 4 is 47.8 Å². The minimum Gasteiger partial charge on any atom is -0.481 e. The molecule has 1 heterocycles. The second-order valence-electron chi connectivity index (χ2n) is 12.3. The first-order valence-corrected chi connectivity index (χ1v) is 16.8. The van der Waals surface area contributed by atoms with Gasteiger partial charge < -0.3 is 54.0 Å². The fraction of sp³-hybridized carbons (Fsp3) is 0.459. The summed E-state index contributed by atoms with van der Waals surface area (Å²) in [6.07, 6.45) is -11.9. The van der Waals surface area contributed by atoms with Crippen molar-refractivity contribution in [3.63, 3.8) is 0 Å². The first-order chi connectivity index (χ1) is 28.7. The number of esters is 4. The Morgan fingerprint density at radius 1 is 0.714 bits per heavy atom. The quantitative estimate of drug-likeness (QED) is 0.130. The Balaban J connectivity index is 1.65. The second-order valence-corrected chi connectivity index (χ2v) is 12.3. The number of hydrogen-bond donors (Lipinski definition) is 4. The molecule has 19 nitrogen and oxygen atoms in total. The van der Waals surface area contributed by atoms with E-state index in [1.807, 2.05) is 48.5 Å². The van der Waals surface area contributed by atoms with Gasteiger partial charge in [0.25, 0.3) is 0 Å². The number of fused-ring (bicyclic) bond motifs is 3. The summed E-state index contributed by atoms with van der Waals surface area (Å²) in [7, 11) is 0. The molecular weight excluding hydrogens is 744 g/mol. The van der Waals surface area contributed by atoms with Crippen molar-refractivity contribution in [1.82, 2.24) is 10.6 Å². The van der Waals surface area contributed by atoms with Gasteiger partial charge in [-0.3, -0.25) is 28.8 Å². The Labute approximate surface area is 325 Å². The van der Waals surface area contributed by atoms with Gasteiger partial charge in [-0.15, -0.1) is 0 Å². The molecule has 1 fully saturated rings. The number of carboxylic acids is 2. The molecule has 302 valence electrons. The van der Waals surface area contributed by atoms with E-state index in [1.54, 1.807) is 0 Å². The smallest absolute Gasteiger partial charge is 0.407 e. The van der Waals surface area contributed by atoms with Crippen molar-refractivity contribution in [2.24, 2.45) is 0 Å². The van der Waals surface area contributed by atoms with Crippen LogP contribution in [-0.2, 0) is 66.7 Å². The molecule has 1 aliphatic carbocycles. The number of ether oxygens (including phenoxy) is 7. The van der Waals surface area contributed by atoms with Gasteiger partial charge in [-0.05, 0) is 28.7 Å². The van der Waals surface area contributed by atoms with E-state index in [2.05, 4.69) is 10.6 Å². The minimum absolute atomic E-state index is 0.234. The number of carboxylic acid groups (broad SMARTS) is 2. The zero-order valence-electron chi connectivity index (χ0n) is 33.6. The van der Waals surface area contributed by atoms with Crippen LogP contribution in [0.5, 0.6) is 0 Å². The Hall–Kier alpha value is -6.08. The Morgan fingerprint density at radius 3 is 1.86 bits per heavy atom. The highest BCUT2D eigenvalue weighted by Crippen LogP contribution is 2.44. The van der Waals surface area contributed by atoms with Gasteiger partial charge >= 0.3 is 41.9 Å². The van der Waals surface area contributed by atoms with E-state index < -0.39 is 150 Å². The van der Waals surface area contributed by atoms with Crippen molar-refractivity contribution < 1.29 is 87.2 Å². The van der Waals surface area contributed by atoms with Crippen LogP contribution in [0.25, 0.3) is 11.1 Å². The molecule has 1 aliphatic heterocycles. The molecule has 7 atom stereocenters. The largest absolute Gasteiger partial charge is 0.481 e. The summed E-state index contributed by atoms with van der Waals surface area (Å²) < 4.78 is 67.6. The van der Waals surface area contributed by atoms with Crippen LogP contribution >= 0.6 is 0 Å². The van der Waals surface area contributed by atoms with E-state index in [-0.39, 0.29) is 6.61 Å². The maximum absolute atomic E-state index is 13.7. The number of alkyl carbamates (subject to hydrolysis) is 1. The molecule has 0 radical (unpaired) electrons. The Bertz CT molecular complexity index is 1860. The van der Waals surface area contributed by atoms with Crippen LogP contribution in [0.3, 0.4) is 0 Å². The summed E-state index contributed by atoms with van der Waals surface area (Å²) in [6.45, 7) is -5.93. The van der Waals surface area contributed by atoms with E-state index in [0.29, 0.717) is 0 Å². The molecule has 4 rings (SSSR count). The van der Waals surface area contributed by atoms with Crippen molar-refractivity contribution in [1.29, 1.82) is 0 Å². The SMILES string of the molecule is [2H]CC(=O)OC[C@H]1OC(OC[C@@H](NC(=O)OCC2c3ccccc3-c3ccccc32)C(=O)N[C@H](CCC(=O)O)C(=O)O)[C@@H](OC(=O)C[2H])[C@@H](OC(=O)C[2H])[C@@H]1OC(=O)C[2H]. The maximum Gasteiger partial charge on any atom is 0.407 e. The first kappa shape index (κ1) is 36.9. The first-order valence-electron chi connectivity index (χ1n) is 19.6. The Kier molecular flexibility index (Phi) is 12.8.